The van der Waals surface area contributed by atoms with Crippen molar-refractivity contribution in [2.45, 2.75) is 70.4 Å². The minimum atomic E-state index is -0.835. The number of amides is 1. The second-order valence-electron chi connectivity index (χ2n) is 9.34. The van der Waals surface area contributed by atoms with Crippen molar-refractivity contribution < 1.29 is 15.0 Å². The largest absolute Gasteiger partial charge is 0.390 e. The summed E-state index contributed by atoms with van der Waals surface area (Å²) in [4.78, 5) is 19.5. The highest BCUT2D eigenvalue weighted by atomic mass is 16.3. The summed E-state index contributed by atoms with van der Waals surface area (Å²) in [6.07, 6.45) is 9.13. The second kappa shape index (κ2) is 9.03. The first-order valence-electron chi connectivity index (χ1n) is 11.4. The van der Waals surface area contributed by atoms with Crippen molar-refractivity contribution >= 4 is 23.2 Å². The van der Waals surface area contributed by atoms with E-state index >= 15 is 0 Å². The molecule has 4 rings (SSSR count). The van der Waals surface area contributed by atoms with Crippen LogP contribution >= 0.6 is 0 Å². The minimum absolute atomic E-state index is 0.0994. The van der Waals surface area contributed by atoms with Gasteiger partial charge in [-0.15, -0.1) is 0 Å². The van der Waals surface area contributed by atoms with Crippen LogP contribution in [0.3, 0.4) is 0 Å². The fraction of sp³-hybridized carbons (Fsp3) is 0.522. The molecule has 2 aliphatic rings. The second-order valence-corrected chi connectivity index (χ2v) is 9.34. The number of anilines is 2. The first kappa shape index (κ1) is 23.1. The zero-order valence-corrected chi connectivity index (χ0v) is 19.5. The third-order valence-corrected chi connectivity index (χ3v) is 6.23. The van der Waals surface area contributed by atoms with Crippen LogP contribution in [-0.2, 0) is 0 Å². The number of nitrogens with zero attached hydrogens (tertiary/aromatic N) is 4. The summed E-state index contributed by atoms with van der Waals surface area (Å²) in [5.41, 5.74) is 0.563. The summed E-state index contributed by atoms with van der Waals surface area (Å²) in [5, 5.41) is 34.7. The summed E-state index contributed by atoms with van der Waals surface area (Å²) in [5.74, 6) is 0.848. The third-order valence-electron chi connectivity index (χ3n) is 6.23. The van der Waals surface area contributed by atoms with E-state index < -0.39 is 11.8 Å². The number of hydrogen-bond donors (Lipinski definition) is 5. The van der Waals surface area contributed by atoms with Crippen molar-refractivity contribution in [1.29, 1.82) is 0 Å². The Morgan fingerprint density at radius 1 is 1.36 bits per heavy atom. The zero-order valence-electron chi connectivity index (χ0n) is 19.5. The quantitative estimate of drug-likeness (QED) is 0.448. The average Bonchev–Trinajstić information content (AvgIpc) is 3.18. The highest BCUT2D eigenvalue weighted by Gasteiger charge is 2.31. The maximum Gasteiger partial charge on any atom is 0.256 e. The molecule has 0 bridgehead atoms. The molecule has 0 saturated heterocycles. The van der Waals surface area contributed by atoms with Crippen LogP contribution in [0, 0.1) is 0 Å². The predicted molar refractivity (Wildman–Crippen MR) is 127 cm³/mol. The number of aliphatic hydroxyl groups is 2. The van der Waals surface area contributed by atoms with Crippen molar-refractivity contribution in [1.82, 2.24) is 24.8 Å². The molecule has 2 aromatic rings. The van der Waals surface area contributed by atoms with Crippen molar-refractivity contribution in [3.05, 3.63) is 41.9 Å². The molecule has 10 heteroatoms. The molecule has 0 spiro atoms. The molecule has 2 aromatic heterocycles. The molecular formula is C23H33N7O3. The van der Waals surface area contributed by atoms with Gasteiger partial charge in [0.25, 0.3) is 5.91 Å². The van der Waals surface area contributed by atoms with E-state index in [1.807, 2.05) is 37.9 Å². The Balaban J connectivity index is 1.60. The molecule has 10 nitrogen and oxygen atoms in total. The predicted octanol–water partition coefficient (Wildman–Crippen LogP) is 2.05. The molecule has 3 atom stereocenters. The maximum atomic E-state index is 13.1. The molecule has 1 aliphatic carbocycles. The Labute approximate surface area is 193 Å². The lowest BCUT2D eigenvalue weighted by Crippen LogP contribution is -2.44. The average molecular weight is 456 g/mol. The van der Waals surface area contributed by atoms with Gasteiger partial charge in [0.1, 0.15) is 17.2 Å². The molecule has 1 fully saturated rings. The molecule has 5 N–H and O–H groups in total. The topological polar surface area (TPSA) is 127 Å². The van der Waals surface area contributed by atoms with Crippen LogP contribution in [-0.4, -0.2) is 66.6 Å². The van der Waals surface area contributed by atoms with Crippen LogP contribution in [0.5, 0.6) is 0 Å². The number of nitrogens with one attached hydrogen (secondary N) is 3. The van der Waals surface area contributed by atoms with E-state index in [-0.39, 0.29) is 18.0 Å². The van der Waals surface area contributed by atoms with E-state index in [1.54, 1.807) is 23.7 Å². The summed E-state index contributed by atoms with van der Waals surface area (Å²) in [6, 6.07) is 1.79. The molecule has 1 aliphatic heterocycles. The number of carbonyl (C=O) groups is 1. The number of allylic oxidation sites excluding steroid dienone is 2. The molecule has 3 heterocycles. The summed E-state index contributed by atoms with van der Waals surface area (Å²) < 4.78 is 1.57. The van der Waals surface area contributed by atoms with Gasteiger partial charge in [0, 0.05) is 31.4 Å². The monoisotopic (exact) mass is 455 g/mol. The highest BCUT2D eigenvalue weighted by Crippen LogP contribution is 2.28. The fourth-order valence-corrected chi connectivity index (χ4v) is 4.50. The number of hydrogen-bond acceptors (Lipinski definition) is 8. The molecular weight excluding hydrogens is 422 g/mol. The van der Waals surface area contributed by atoms with E-state index in [1.165, 1.54) is 6.20 Å². The van der Waals surface area contributed by atoms with E-state index in [9.17, 15) is 15.0 Å². The molecule has 1 unspecified atom stereocenters. The highest BCUT2D eigenvalue weighted by molar-refractivity contribution is 6.00. The van der Waals surface area contributed by atoms with Crippen LogP contribution in [0.15, 0.2) is 36.3 Å². The SMILES string of the molecule is CNc1cc(NC2=CC=CN(C(C)C)C2O)nc2c(C(=O)N[C@H]3CCC[C@](C)(O)C3)cnn12. The Kier molecular flexibility index (Phi) is 6.31. The van der Waals surface area contributed by atoms with E-state index in [4.69, 9.17) is 0 Å². The standard InChI is InChI=1S/C23H33N7O3/c1-14(2)29-10-6-8-17(22(29)32)27-18-11-19(24-4)30-20(28-18)16(13-25-30)21(31)26-15-7-5-9-23(3,33)12-15/h6,8,10-11,13-15,22,24,32-33H,5,7,9,12H2,1-4H3,(H,26,31)(H,27,28)/t15-,22?,23-/m0/s1. The van der Waals surface area contributed by atoms with Crippen molar-refractivity contribution in [2.24, 2.45) is 0 Å². The van der Waals surface area contributed by atoms with Gasteiger partial charge in [-0.1, -0.05) is 0 Å². The Hall–Kier alpha value is -3.11. The van der Waals surface area contributed by atoms with Crippen LogP contribution in [0.1, 0.15) is 56.8 Å². The van der Waals surface area contributed by atoms with Gasteiger partial charge in [-0.3, -0.25) is 4.79 Å². The van der Waals surface area contributed by atoms with Gasteiger partial charge in [0.15, 0.2) is 11.9 Å². The van der Waals surface area contributed by atoms with Crippen molar-refractivity contribution in [3.63, 3.8) is 0 Å². The van der Waals surface area contributed by atoms with E-state index in [2.05, 4.69) is 26.0 Å². The number of fused-ring (bicyclic) bond motifs is 1. The van der Waals surface area contributed by atoms with Gasteiger partial charge in [-0.25, -0.2) is 4.98 Å². The number of rotatable bonds is 6. The molecule has 33 heavy (non-hydrogen) atoms. The maximum absolute atomic E-state index is 13.1. The van der Waals surface area contributed by atoms with Crippen molar-refractivity contribution in [2.75, 3.05) is 17.7 Å². The molecule has 0 radical (unpaired) electrons. The lowest BCUT2D eigenvalue weighted by atomic mass is 9.83. The van der Waals surface area contributed by atoms with Gasteiger partial charge in [0.05, 0.1) is 17.5 Å². The summed E-state index contributed by atoms with van der Waals surface area (Å²) in [6.45, 7) is 5.81. The lowest BCUT2D eigenvalue weighted by molar-refractivity contribution is 0.0106. The van der Waals surface area contributed by atoms with Gasteiger partial charge in [-0.2, -0.15) is 9.61 Å². The van der Waals surface area contributed by atoms with Gasteiger partial charge in [0.2, 0.25) is 0 Å². The van der Waals surface area contributed by atoms with Crippen LogP contribution < -0.4 is 16.0 Å². The Morgan fingerprint density at radius 3 is 2.85 bits per heavy atom. The van der Waals surface area contributed by atoms with Crippen LogP contribution in [0.25, 0.3) is 5.65 Å². The van der Waals surface area contributed by atoms with E-state index in [0.717, 1.165) is 19.3 Å². The Morgan fingerprint density at radius 2 is 2.15 bits per heavy atom. The molecule has 1 amide bonds. The van der Waals surface area contributed by atoms with Gasteiger partial charge in [-0.05, 0) is 58.6 Å². The lowest BCUT2D eigenvalue weighted by Gasteiger charge is -2.34. The minimum Gasteiger partial charge on any atom is -0.390 e. The number of aliphatic hydroxyl groups excluding tert-OH is 1. The number of aromatic nitrogens is 3. The molecule has 1 saturated carbocycles. The molecule has 178 valence electrons. The van der Waals surface area contributed by atoms with Crippen molar-refractivity contribution in [3.8, 4) is 0 Å². The van der Waals surface area contributed by atoms with E-state index in [0.29, 0.717) is 35.0 Å². The van der Waals surface area contributed by atoms with Crippen LogP contribution in [0.2, 0.25) is 0 Å². The molecule has 0 aromatic carbocycles. The number of carbonyl (C=O) groups excluding carboxylic acids is 1. The third kappa shape index (κ3) is 4.81. The Bertz CT molecular complexity index is 1090. The van der Waals surface area contributed by atoms with Gasteiger partial charge < -0.3 is 31.1 Å². The summed E-state index contributed by atoms with van der Waals surface area (Å²) >= 11 is 0. The zero-order chi connectivity index (χ0) is 23.8. The van der Waals surface area contributed by atoms with Gasteiger partial charge >= 0.3 is 0 Å². The first-order chi connectivity index (χ1) is 15.7. The first-order valence-corrected chi connectivity index (χ1v) is 11.4. The normalized spacial score (nSPS) is 25.3. The van der Waals surface area contributed by atoms with Crippen LogP contribution in [0.4, 0.5) is 11.6 Å². The summed E-state index contributed by atoms with van der Waals surface area (Å²) in [7, 11) is 1.77. The smallest absolute Gasteiger partial charge is 0.256 e. The fourth-order valence-electron chi connectivity index (χ4n) is 4.50.